The second-order valence-electron chi connectivity index (χ2n) is 4.95. The molecule has 2 aromatic rings. The van der Waals surface area contributed by atoms with E-state index in [1.54, 1.807) is 24.3 Å². The third-order valence-electron chi connectivity index (χ3n) is 3.11. The molecule has 0 saturated carbocycles. The number of rotatable bonds is 5. The van der Waals surface area contributed by atoms with Crippen molar-refractivity contribution in [3.8, 4) is 5.75 Å². The van der Waals surface area contributed by atoms with Gasteiger partial charge in [-0.15, -0.1) is 0 Å². The lowest BCUT2D eigenvalue weighted by Crippen LogP contribution is -2.32. The Bertz CT molecular complexity index is 668. The fraction of sp³-hybridized carbons (Fsp3) is 0.333. The van der Waals surface area contributed by atoms with Gasteiger partial charge in [-0.25, -0.2) is 0 Å². The van der Waals surface area contributed by atoms with Crippen molar-refractivity contribution in [1.82, 2.24) is 14.7 Å². The summed E-state index contributed by atoms with van der Waals surface area (Å²) in [4.78, 5) is 13.4. The Kier molecular flexibility index (Phi) is 4.92. The average molecular weight is 327 g/mol. The average Bonchev–Trinajstić information content (AvgIpc) is 2.89. The monoisotopic (exact) mass is 327 g/mol. The molecule has 5 nitrogen and oxygen atoms in total. The first-order valence-electron chi connectivity index (χ1n) is 6.83. The second-order valence-corrected chi connectivity index (χ2v) is 4.95. The number of benzene rings is 1. The quantitative estimate of drug-likeness (QED) is 0.848. The molecule has 0 atom stereocenters. The van der Waals surface area contributed by atoms with E-state index in [0.29, 0.717) is 5.75 Å². The van der Waals surface area contributed by atoms with Crippen molar-refractivity contribution in [3.63, 3.8) is 0 Å². The van der Waals surface area contributed by atoms with Gasteiger partial charge in [0.05, 0.1) is 12.1 Å². The largest absolute Gasteiger partial charge is 0.492 e. The van der Waals surface area contributed by atoms with E-state index < -0.39 is 23.3 Å². The number of carbonyl (C=O) groups excluding carboxylic acids is 1. The first kappa shape index (κ1) is 16.9. The Morgan fingerprint density at radius 1 is 1.30 bits per heavy atom. The van der Waals surface area contributed by atoms with E-state index in [2.05, 4.69) is 5.10 Å². The normalized spacial score (nSPS) is 11.3. The maximum Gasteiger partial charge on any atom is 0.435 e. The van der Waals surface area contributed by atoms with Crippen LogP contribution in [0.15, 0.2) is 36.5 Å². The molecule has 1 aromatic heterocycles. The van der Waals surface area contributed by atoms with Gasteiger partial charge in [0.2, 0.25) is 0 Å². The Labute approximate surface area is 131 Å². The highest BCUT2D eigenvalue weighted by atomic mass is 19.4. The molecule has 0 aliphatic rings. The molecule has 1 amide bonds. The third-order valence-corrected chi connectivity index (χ3v) is 3.11. The van der Waals surface area contributed by atoms with Crippen molar-refractivity contribution >= 4 is 5.91 Å². The lowest BCUT2D eigenvalue weighted by molar-refractivity contribution is -0.141. The van der Waals surface area contributed by atoms with Crippen molar-refractivity contribution in [1.29, 1.82) is 0 Å². The highest BCUT2D eigenvalue weighted by Crippen LogP contribution is 2.31. The third kappa shape index (κ3) is 4.24. The van der Waals surface area contributed by atoms with Crippen LogP contribution in [0.2, 0.25) is 0 Å². The summed E-state index contributed by atoms with van der Waals surface area (Å²) in [7, 11) is 2.76. The molecule has 0 radical (unpaired) electrons. The molecule has 124 valence electrons. The number of para-hydroxylation sites is 1. The summed E-state index contributed by atoms with van der Waals surface area (Å²) >= 11 is 0. The van der Waals surface area contributed by atoms with Gasteiger partial charge in [-0.1, -0.05) is 18.2 Å². The van der Waals surface area contributed by atoms with Gasteiger partial charge in [0.15, 0.2) is 5.69 Å². The molecule has 0 unspecified atom stereocenters. The number of amides is 1. The van der Waals surface area contributed by atoms with Gasteiger partial charge in [-0.3, -0.25) is 9.48 Å². The molecule has 0 aliphatic carbocycles. The number of nitrogens with zero attached hydrogens (tertiary/aromatic N) is 3. The number of carbonyl (C=O) groups is 1. The Hall–Kier alpha value is -2.51. The van der Waals surface area contributed by atoms with Crippen LogP contribution in [0, 0.1) is 0 Å². The lowest BCUT2D eigenvalue weighted by atomic mass is 10.2. The summed E-state index contributed by atoms with van der Waals surface area (Å²) in [6.07, 6.45) is -3.60. The van der Waals surface area contributed by atoms with Gasteiger partial charge < -0.3 is 9.64 Å². The molecule has 0 N–H and O–H groups in total. The highest BCUT2D eigenvalue weighted by Gasteiger charge is 2.39. The van der Waals surface area contributed by atoms with Crippen molar-refractivity contribution < 1.29 is 22.7 Å². The molecule has 0 spiro atoms. The predicted octanol–water partition coefficient (Wildman–Crippen LogP) is 2.59. The molecule has 23 heavy (non-hydrogen) atoms. The molecule has 0 fully saturated rings. The Morgan fingerprint density at radius 3 is 2.57 bits per heavy atom. The van der Waals surface area contributed by atoms with Crippen LogP contribution in [0.4, 0.5) is 13.2 Å². The van der Waals surface area contributed by atoms with Crippen LogP contribution in [-0.4, -0.2) is 40.8 Å². The van der Waals surface area contributed by atoms with Crippen molar-refractivity contribution in [2.24, 2.45) is 7.05 Å². The maximum absolute atomic E-state index is 12.9. The zero-order valence-electron chi connectivity index (χ0n) is 12.7. The van der Waals surface area contributed by atoms with Gasteiger partial charge in [-0.05, 0) is 12.1 Å². The summed E-state index contributed by atoms with van der Waals surface area (Å²) in [6, 6.07) is 8.95. The van der Waals surface area contributed by atoms with E-state index in [1.165, 1.54) is 19.0 Å². The zero-order chi connectivity index (χ0) is 17.0. The maximum atomic E-state index is 12.9. The van der Waals surface area contributed by atoms with Crippen LogP contribution in [0.25, 0.3) is 0 Å². The number of likely N-dealkylation sites (N-methyl/N-ethyl adjacent to an activating group) is 1. The minimum absolute atomic E-state index is 0.153. The van der Waals surface area contributed by atoms with Crippen LogP contribution in [-0.2, 0) is 13.2 Å². The Morgan fingerprint density at radius 2 is 1.96 bits per heavy atom. The number of hydrogen-bond acceptors (Lipinski definition) is 3. The van der Waals surface area contributed by atoms with Crippen LogP contribution in [0.5, 0.6) is 5.75 Å². The van der Waals surface area contributed by atoms with Gasteiger partial charge in [-0.2, -0.15) is 18.3 Å². The van der Waals surface area contributed by atoms with Crippen LogP contribution < -0.4 is 4.74 Å². The van der Waals surface area contributed by atoms with Crippen LogP contribution in [0.1, 0.15) is 16.1 Å². The summed E-state index contributed by atoms with van der Waals surface area (Å²) in [6.45, 7) is 0.327. The summed E-state index contributed by atoms with van der Waals surface area (Å²) in [5, 5.41) is 3.33. The van der Waals surface area contributed by atoms with Crippen molar-refractivity contribution in [2.75, 3.05) is 20.2 Å². The standard InChI is InChI=1S/C15H16F3N3O2/c1-20(8-9-23-11-6-4-3-5-7-11)14(22)12-10-21(2)19-13(12)15(16,17)18/h3-7,10H,8-9H2,1-2H3. The SMILES string of the molecule is CN(CCOc1ccccc1)C(=O)c1cn(C)nc1C(F)(F)F. The van der Waals surface area contributed by atoms with Crippen LogP contribution in [0.3, 0.4) is 0 Å². The number of halogens is 3. The first-order valence-corrected chi connectivity index (χ1v) is 6.83. The molecular formula is C15H16F3N3O2. The number of alkyl halides is 3. The summed E-state index contributed by atoms with van der Waals surface area (Å²) in [5.74, 6) is -0.118. The van der Waals surface area contributed by atoms with Gasteiger partial charge in [0.25, 0.3) is 5.91 Å². The second kappa shape index (κ2) is 6.72. The minimum Gasteiger partial charge on any atom is -0.492 e. The fourth-order valence-electron chi connectivity index (χ4n) is 1.98. The van der Waals surface area contributed by atoms with E-state index in [4.69, 9.17) is 4.74 Å². The number of aromatic nitrogens is 2. The number of hydrogen-bond donors (Lipinski definition) is 0. The van der Waals surface area contributed by atoms with Gasteiger partial charge >= 0.3 is 6.18 Å². The minimum atomic E-state index is -4.67. The molecule has 0 saturated heterocycles. The molecule has 1 aromatic carbocycles. The zero-order valence-corrected chi connectivity index (χ0v) is 12.7. The van der Waals surface area contributed by atoms with Gasteiger partial charge in [0, 0.05) is 20.3 Å². The van der Waals surface area contributed by atoms with Gasteiger partial charge in [0.1, 0.15) is 12.4 Å². The molecule has 8 heteroatoms. The van der Waals surface area contributed by atoms with Crippen molar-refractivity contribution in [2.45, 2.75) is 6.18 Å². The van der Waals surface area contributed by atoms with E-state index >= 15 is 0 Å². The summed E-state index contributed by atoms with van der Waals surface area (Å²) in [5.41, 5.74) is -1.65. The summed E-state index contributed by atoms with van der Waals surface area (Å²) < 4.78 is 45.1. The van der Waals surface area contributed by atoms with Crippen molar-refractivity contribution in [3.05, 3.63) is 47.8 Å². The highest BCUT2D eigenvalue weighted by molar-refractivity contribution is 5.95. The smallest absolute Gasteiger partial charge is 0.435 e. The molecule has 0 bridgehead atoms. The van der Waals surface area contributed by atoms with E-state index in [1.807, 2.05) is 6.07 Å². The fourth-order valence-corrected chi connectivity index (χ4v) is 1.98. The number of aryl methyl sites for hydroxylation is 1. The van der Waals surface area contributed by atoms with E-state index in [0.717, 1.165) is 10.9 Å². The first-order chi connectivity index (χ1) is 10.8. The molecule has 0 aliphatic heterocycles. The predicted molar refractivity (Wildman–Crippen MR) is 77.1 cm³/mol. The van der Waals surface area contributed by atoms with Crippen LogP contribution >= 0.6 is 0 Å². The molecule has 1 heterocycles. The van der Waals surface area contributed by atoms with E-state index in [-0.39, 0.29) is 13.2 Å². The Balaban J connectivity index is 2.00. The molecule has 2 rings (SSSR count). The van der Waals surface area contributed by atoms with E-state index in [9.17, 15) is 18.0 Å². The number of ether oxygens (including phenoxy) is 1. The topological polar surface area (TPSA) is 47.4 Å². The lowest BCUT2D eigenvalue weighted by Gasteiger charge is -2.17. The molecular weight excluding hydrogens is 311 g/mol.